The monoisotopic (exact) mass is 192 g/mol. The van der Waals surface area contributed by atoms with Crippen LogP contribution in [0.5, 0.6) is 0 Å². The van der Waals surface area contributed by atoms with E-state index >= 15 is 0 Å². The van der Waals surface area contributed by atoms with Crippen molar-refractivity contribution in [3.63, 3.8) is 0 Å². The van der Waals surface area contributed by atoms with E-state index in [9.17, 15) is 4.79 Å². The van der Waals surface area contributed by atoms with Gasteiger partial charge < -0.3 is 7.96 Å². The van der Waals surface area contributed by atoms with Gasteiger partial charge in [-0.25, -0.2) is 0 Å². The number of hydrogen-bond acceptors (Lipinski definition) is 1. The van der Waals surface area contributed by atoms with Crippen LogP contribution >= 0.6 is 0 Å². The van der Waals surface area contributed by atoms with Gasteiger partial charge in [0.25, 0.3) is 0 Å². The molecule has 0 aliphatic rings. The topological polar surface area (TPSA) is 37.3 Å². The van der Waals surface area contributed by atoms with Gasteiger partial charge in [0.1, 0.15) is 0 Å². The molecule has 62 valence electrons. The number of benzene rings is 1. The molecule has 1 N–H and O–H groups in total. The normalized spacial score (nSPS) is 8.75. The van der Waals surface area contributed by atoms with E-state index in [0.29, 0.717) is 0 Å². The van der Waals surface area contributed by atoms with E-state index in [2.05, 4.69) is 0 Å². The Hall–Kier alpha value is -0.0503. The Kier molecular flexibility index (Phi) is 5.55. The molecule has 0 bridgehead atoms. The largest absolute Gasteiger partial charge is 2.00 e. The summed E-state index contributed by atoms with van der Waals surface area (Å²) >= 11 is 0. The van der Waals surface area contributed by atoms with Crippen LogP contribution in [0.2, 0.25) is 0 Å². The summed E-state index contributed by atoms with van der Waals surface area (Å²) in [6.07, 6.45) is 0.111. The number of carbonyl (C=O) groups is 1. The van der Waals surface area contributed by atoms with Gasteiger partial charge in [0.15, 0.2) is 0 Å². The van der Waals surface area contributed by atoms with Gasteiger partial charge in [-0.1, -0.05) is 29.8 Å². The predicted octanol–water partition coefficient (Wildman–Crippen LogP) is 1.47. The van der Waals surface area contributed by atoms with Crippen LogP contribution in [0.15, 0.2) is 24.3 Å². The summed E-state index contributed by atoms with van der Waals surface area (Å²) in [5.74, 6) is -0.783. The molecule has 1 aromatic rings. The average Bonchev–Trinajstić information content (AvgIpc) is 1.93. The minimum absolute atomic E-state index is 0. The zero-order valence-electron chi connectivity index (χ0n) is 9.08. The average molecular weight is 192 g/mol. The second-order valence-corrected chi connectivity index (χ2v) is 2.56. The molecule has 0 spiro atoms. The number of aliphatic carboxylic acids is 1. The summed E-state index contributed by atoms with van der Waals surface area (Å²) in [5, 5.41) is 8.44. The summed E-state index contributed by atoms with van der Waals surface area (Å²) in [6, 6.07) is 7.50. The maximum atomic E-state index is 10.3. The molecule has 0 radical (unpaired) electrons. The van der Waals surface area contributed by atoms with Gasteiger partial charge in [-0.2, -0.15) is 0 Å². The third-order valence-electron chi connectivity index (χ3n) is 1.48. The summed E-state index contributed by atoms with van der Waals surface area (Å²) < 4.78 is 0. The third-order valence-corrected chi connectivity index (χ3v) is 1.48. The van der Waals surface area contributed by atoms with E-state index < -0.39 is 5.97 Å². The van der Waals surface area contributed by atoms with Gasteiger partial charge in [-0.3, -0.25) is 4.79 Å². The predicted molar refractivity (Wildman–Crippen MR) is 50.5 cm³/mol. The first kappa shape index (κ1) is 11.9. The second kappa shape index (κ2) is 5.57. The molecule has 0 fully saturated rings. The quantitative estimate of drug-likeness (QED) is 0.720. The first-order valence-electron chi connectivity index (χ1n) is 3.46. The molecule has 0 amide bonds. The summed E-state index contributed by atoms with van der Waals surface area (Å²) in [4.78, 5) is 10.3. The molecule has 0 atom stereocenters. The van der Waals surface area contributed by atoms with E-state index in [1.165, 1.54) is 0 Å². The zero-order chi connectivity index (χ0) is 8.27. The van der Waals surface area contributed by atoms with Crippen molar-refractivity contribution in [3.8, 4) is 0 Å². The Labute approximate surface area is 105 Å². The third kappa shape index (κ3) is 4.10. The molecular weight excluding hydrogens is 180 g/mol. The van der Waals surface area contributed by atoms with Crippen molar-refractivity contribution < 1.29 is 12.8 Å². The van der Waals surface area contributed by atoms with Crippen LogP contribution in [0, 0.1) is 6.92 Å². The van der Waals surface area contributed by atoms with Crippen molar-refractivity contribution in [1.82, 2.24) is 0 Å². The van der Waals surface area contributed by atoms with Crippen molar-refractivity contribution in [1.29, 1.82) is 0 Å². The number of carboxylic acids is 1. The van der Waals surface area contributed by atoms with Gasteiger partial charge in [-0.15, -0.1) is 0 Å². The Morgan fingerprint density at radius 1 is 1.42 bits per heavy atom. The fraction of sp³-hybridized carbons (Fsp3) is 0.222. The van der Waals surface area contributed by atoms with Crippen LogP contribution in [0.4, 0.5) is 0 Å². The molecule has 12 heavy (non-hydrogen) atoms. The molecule has 0 aliphatic carbocycles. The van der Waals surface area contributed by atoms with Gasteiger partial charge in [0.05, 0.1) is 6.42 Å². The SMILES string of the molecule is Cc1ccc(CC(=O)O)cc1.[Ca+2].[H-].[H-]. The smallest absolute Gasteiger partial charge is 1.00 e. The van der Waals surface area contributed by atoms with Crippen molar-refractivity contribution >= 4 is 43.7 Å². The molecule has 0 unspecified atom stereocenters. The van der Waals surface area contributed by atoms with E-state index in [-0.39, 0.29) is 47.0 Å². The van der Waals surface area contributed by atoms with Crippen LogP contribution in [0.25, 0.3) is 0 Å². The zero-order valence-corrected chi connectivity index (χ0v) is 9.29. The molecule has 0 saturated carbocycles. The molecule has 1 aromatic carbocycles. The van der Waals surface area contributed by atoms with E-state index in [4.69, 9.17) is 5.11 Å². The fourth-order valence-corrected chi connectivity index (χ4v) is 0.881. The Balaban J connectivity index is -0.000000403. The molecular formula is C9H12CaO2. The number of hydrogen-bond donors (Lipinski definition) is 1. The minimum atomic E-state index is -0.783. The summed E-state index contributed by atoms with van der Waals surface area (Å²) in [5.41, 5.74) is 2.00. The number of rotatable bonds is 2. The van der Waals surface area contributed by atoms with Crippen molar-refractivity contribution in [3.05, 3.63) is 35.4 Å². The summed E-state index contributed by atoms with van der Waals surface area (Å²) in [7, 11) is 0. The van der Waals surface area contributed by atoms with Crippen molar-refractivity contribution in [2.24, 2.45) is 0 Å². The Morgan fingerprint density at radius 3 is 2.33 bits per heavy atom. The fourth-order valence-electron chi connectivity index (χ4n) is 0.881. The van der Waals surface area contributed by atoms with Crippen LogP contribution in [0.1, 0.15) is 14.0 Å². The van der Waals surface area contributed by atoms with Crippen LogP contribution in [0.3, 0.4) is 0 Å². The Bertz CT molecular complexity index is 262. The van der Waals surface area contributed by atoms with Crippen LogP contribution in [-0.4, -0.2) is 48.8 Å². The van der Waals surface area contributed by atoms with Gasteiger partial charge >= 0.3 is 43.7 Å². The van der Waals surface area contributed by atoms with Gasteiger partial charge in [0, 0.05) is 0 Å². The second-order valence-electron chi connectivity index (χ2n) is 2.56. The molecule has 0 heterocycles. The van der Waals surface area contributed by atoms with Crippen LogP contribution < -0.4 is 0 Å². The molecule has 0 saturated heterocycles. The molecule has 1 rings (SSSR count). The standard InChI is InChI=1S/C9H10O2.Ca.2H/c1-7-2-4-8(5-3-7)6-9(10)11;;;/h2-5H,6H2,1H3,(H,10,11);;;/q;+2;2*-1. The molecule has 0 aliphatic heterocycles. The van der Waals surface area contributed by atoms with E-state index in [0.717, 1.165) is 11.1 Å². The van der Waals surface area contributed by atoms with E-state index in [1.54, 1.807) is 0 Å². The van der Waals surface area contributed by atoms with Crippen LogP contribution in [-0.2, 0) is 11.2 Å². The maximum absolute atomic E-state index is 10.3. The number of aryl methyl sites for hydroxylation is 1. The Morgan fingerprint density at radius 2 is 1.92 bits per heavy atom. The minimum Gasteiger partial charge on any atom is -1.00 e. The van der Waals surface area contributed by atoms with Gasteiger partial charge in [-0.05, 0) is 12.5 Å². The van der Waals surface area contributed by atoms with Crippen molar-refractivity contribution in [2.75, 3.05) is 0 Å². The molecule has 3 heteroatoms. The van der Waals surface area contributed by atoms with Crippen molar-refractivity contribution in [2.45, 2.75) is 13.3 Å². The molecule has 2 nitrogen and oxygen atoms in total. The van der Waals surface area contributed by atoms with E-state index in [1.807, 2.05) is 31.2 Å². The first-order valence-corrected chi connectivity index (χ1v) is 3.46. The summed E-state index contributed by atoms with van der Waals surface area (Å²) in [6.45, 7) is 1.98. The first-order chi connectivity index (χ1) is 5.18. The van der Waals surface area contributed by atoms with Gasteiger partial charge in [0.2, 0.25) is 0 Å². The number of carboxylic acid groups (broad SMARTS) is 1. The maximum Gasteiger partial charge on any atom is 2.00 e. The molecule has 0 aromatic heterocycles.